The summed E-state index contributed by atoms with van der Waals surface area (Å²) in [5, 5.41) is 18.3. The van der Waals surface area contributed by atoms with Crippen molar-refractivity contribution in [3.05, 3.63) is 82.4 Å². The van der Waals surface area contributed by atoms with Gasteiger partial charge in [-0.2, -0.15) is 0 Å². The Morgan fingerprint density at radius 1 is 1.17 bits per heavy atom. The van der Waals surface area contributed by atoms with Crippen LogP contribution in [0.15, 0.2) is 54.6 Å². The van der Waals surface area contributed by atoms with Crippen LogP contribution >= 0.6 is 0 Å². The van der Waals surface area contributed by atoms with Crippen LogP contribution in [0.1, 0.15) is 85.9 Å². The highest BCUT2D eigenvalue weighted by molar-refractivity contribution is 5.88. The van der Waals surface area contributed by atoms with Gasteiger partial charge >= 0.3 is 0 Å². The molecule has 4 rings (SSSR count). The van der Waals surface area contributed by atoms with Gasteiger partial charge in [-0.3, -0.25) is 9.59 Å². The van der Waals surface area contributed by atoms with Crippen LogP contribution in [0.3, 0.4) is 0 Å². The molecule has 7 nitrogen and oxygen atoms in total. The Labute approximate surface area is 251 Å². The first kappa shape index (κ1) is 31.9. The Kier molecular flexibility index (Phi) is 11.4. The molecule has 0 radical (unpaired) electrons. The molecule has 2 amide bonds. The van der Waals surface area contributed by atoms with Gasteiger partial charge in [0.15, 0.2) is 0 Å². The molecule has 7 heteroatoms. The number of benzene rings is 2. The molecule has 0 unspecified atom stereocenters. The highest BCUT2D eigenvalue weighted by Gasteiger charge is 2.35. The average molecular weight is 576 g/mol. The Bertz CT molecular complexity index is 1230. The quantitative estimate of drug-likeness (QED) is 0.400. The van der Waals surface area contributed by atoms with Gasteiger partial charge in [-0.05, 0) is 61.8 Å². The first-order chi connectivity index (χ1) is 20.2. The molecule has 2 aromatic rings. The standard InChI is InChI=1S/C35H49N3O4/c1-6-7-13-24(3)35(41)38(5)30-16-11-12-17-42-32-21-28(27-19-23(2)18-25(4)33(27)32)36-22-31(39)29(37-34(30)40)20-26-14-9-8-10-15-26/h8-12,14-15,18-19,24,28-32,36,39H,6-7,13,16-17,20-22H2,1-5H3,(H,37,40)/b12-11+/t24-,28-,29-,30-,31+,32+/m0/s1. The number of aliphatic hydroxyl groups is 1. The molecule has 2 bridgehead atoms. The first-order valence-corrected chi connectivity index (χ1v) is 15.6. The summed E-state index contributed by atoms with van der Waals surface area (Å²) in [7, 11) is 1.72. The van der Waals surface area contributed by atoms with Gasteiger partial charge in [0, 0.05) is 25.6 Å². The zero-order chi connectivity index (χ0) is 30.2. The largest absolute Gasteiger partial charge is 0.390 e. The van der Waals surface area contributed by atoms with Crippen LogP contribution < -0.4 is 10.6 Å². The Morgan fingerprint density at radius 3 is 2.67 bits per heavy atom. The number of β-amino-alcohol motifs (C(OH)–C–C–N with tert-alkyl or cyclic N) is 1. The Hall–Kier alpha value is -3.00. The minimum atomic E-state index is -0.839. The van der Waals surface area contributed by atoms with Crippen molar-refractivity contribution in [1.29, 1.82) is 0 Å². The van der Waals surface area contributed by atoms with E-state index in [9.17, 15) is 14.7 Å². The van der Waals surface area contributed by atoms with Crippen LogP contribution in [0.25, 0.3) is 0 Å². The van der Waals surface area contributed by atoms with Crippen LogP contribution in [0.2, 0.25) is 0 Å². The molecule has 1 aliphatic heterocycles. The highest BCUT2D eigenvalue weighted by atomic mass is 16.5. The summed E-state index contributed by atoms with van der Waals surface area (Å²) in [6.45, 7) is 9.03. The number of unbranched alkanes of at least 4 members (excludes halogenated alkanes) is 1. The van der Waals surface area contributed by atoms with Gasteiger partial charge in [-0.15, -0.1) is 0 Å². The van der Waals surface area contributed by atoms with Crippen LogP contribution in [0.4, 0.5) is 0 Å². The van der Waals surface area contributed by atoms with Crippen molar-refractivity contribution in [2.45, 2.75) is 96.6 Å². The van der Waals surface area contributed by atoms with Crippen LogP contribution in [-0.2, 0) is 20.7 Å². The van der Waals surface area contributed by atoms with Crippen molar-refractivity contribution in [1.82, 2.24) is 15.5 Å². The second-order valence-electron chi connectivity index (χ2n) is 12.2. The zero-order valence-corrected chi connectivity index (χ0v) is 25.9. The number of amides is 2. The fraction of sp³-hybridized carbons (Fsp3) is 0.543. The SMILES string of the molecule is CCCC[C@H](C)C(=O)N(C)[C@H]1C/C=C/CO[C@@H]2C[C@H](NC[C@@H](O)[C@H](Cc3ccccc3)NC1=O)c1cc(C)cc(C)c12. The molecule has 1 aliphatic carbocycles. The predicted molar refractivity (Wildman–Crippen MR) is 167 cm³/mol. The number of likely N-dealkylation sites (N-methyl/N-ethyl adjacent to an activating group) is 1. The van der Waals surface area contributed by atoms with Crippen molar-refractivity contribution < 1.29 is 19.4 Å². The summed E-state index contributed by atoms with van der Waals surface area (Å²) in [6.07, 6.45) is 7.43. The lowest BCUT2D eigenvalue weighted by Crippen LogP contribution is -2.55. The number of carbonyl (C=O) groups is 2. The van der Waals surface area contributed by atoms with E-state index in [1.165, 1.54) is 22.3 Å². The van der Waals surface area contributed by atoms with E-state index in [0.29, 0.717) is 26.0 Å². The van der Waals surface area contributed by atoms with E-state index in [4.69, 9.17) is 4.74 Å². The number of carbonyl (C=O) groups excluding carboxylic acids is 2. The van der Waals surface area contributed by atoms with E-state index in [0.717, 1.165) is 31.2 Å². The smallest absolute Gasteiger partial charge is 0.243 e. The summed E-state index contributed by atoms with van der Waals surface area (Å²) in [5.74, 6) is -0.455. The molecule has 0 aromatic heterocycles. The minimum absolute atomic E-state index is 0.0346. The lowest BCUT2D eigenvalue weighted by atomic mass is 9.98. The van der Waals surface area contributed by atoms with Gasteiger partial charge in [0.2, 0.25) is 11.8 Å². The summed E-state index contributed by atoms with van der Waals surface area (Å²) >= 11 is 0. The van der Waals surface area contributed by atoms with Gasteiger partial charge in [-0.25, -0.2) is 0 Å². The third-order valence-corrected chi connectivity index (χ3v) is 8.82. The topological polar surface area (TPSA) is 90.9 Å². The van der Waals surface area contributed by atoms with Crippen molar-refractivity contribution in [2.24, 2.45) is 5.92 Å². The van der Waals surface area contributed by atoms with Crippen LogP contribution in [-0.4, -0.2) is 60.2 Å². The second-order valence-corrected chi connectivity index (χ2v) is 12.2. The molecule has 2 aliphatic rings. The van der Waals surface area contributed by atoms with Gasteiger partial charge in [0.05, 0.1) is 24.9 Å². The molecule has 42 heavy (non-hydrogen) atoms. The number of hydrogen-bond donors (Lipinski definition) is 3. The van der Waals surface area contributed by atoms with Gasteiger partial charge in [0.1, 0.15) is 6.04 Å². The van der Waals surface area contributed by atoms with Crippen molar-refractivity contribution in [3.8, 4) is 0 Å². The number of aryl methyl sites for hydroxylation is 2. The Balaban J connectivity index is 1.63. The van der Waals surface area contributed by atoms with Crippen LogP contribution in [0, 0.1) is 19.8 Å². The number of ether oxygens (including phenoxy) is 1. The maximum absolute atomic E-state index is 13.8. The fourth-order valence-corrected chi connectivity index (χ4v) is 6.42. The third-order valence-electron chi connectivity index (χ3n) is 8.82. The lowest BCUT2D eigenvalue weighted by molar-refractivity contribution is -0.142. The van der Waals surface area contributed by atoms with E-state index < -0.39 is 18.2 Å². The second kappa shape index (κ2) is 14.9. The van der Waals surface area contributed by atoms with Gasteiger partial charge < -0.3 is 25.4 Å². The number of fused-ring (bicyclic) bond motifs is 5. The zero-order valence-electron chi connectivity index (χ0n) is 25.9. The first-order valence-electron chi connectivity index (χ1n) is 15.6. The van der Waals surface area contributed by atoms with E-state index >= 15 is 0 Å². The van der Waals surface area contributed by atoms with E-state index in [1.807, 2.05) is 49.4 Å². The van der Waals surface area contributed by atoms with Crippen molar-refractivity contribution in [2.75, 3.05) is 20.2 Å². The molecular formula is C35H49N3O4. The number of nitrogens with zero attached hydrogens (tertiary/aromatic N) is 1. The molecule has 2 aromatic carbocycles. The van der Waals surface area contributed by atoms with E-state index in [2.05, 4.69) is 43.5 Å². The van der Waals surface area contributed by atoms with Gasteiger partial charge in [0.25, 0.3) is 0 Å². The Morgan fingerprint density at radius 2 is 1.93 bits per heavy atom. The predicted octanol–water partition coefficient (Wildman–Crippen LogP) is 5.10. The molecule has 3 N–H and O–H groups in total. The lowest BCUT2D eigenvalue weighted by Gasteiger charge is -2.32. The molecule has 228 valence electrons. The number of rotatable bonds is 7. The average Bonchev–Trinajstić information content (AvgIpc) is 3.32. The van der Waals surface area contributed by atoms with Crippen molar-refractivity contribution >= 4 is 11.8 Å². The molecule has 0 spiro atoms. The fourth-order valence-electron chi connectivity index (χ4n) is 6.42. The molecule has 1 heterocycles. The maximum Gasteiger partial charge on any atom is 0.243 e. The summed E-state index contributed by atoms with van der Waals surface area (Å²) < 4.78 is 6.37. The van der Waals surface area contributed by atoms with Crippen molar-refractivity contribution in [3.63, 3.8) is 0 Å². The summed E-state index contributed by atoms with van der Waals surface area (Å²) in [6, 6.07) is 13.1. The highest BCUT2D eigenvalue weighted by Crippen LogP contribution is 2.43. The normalized spacial score (nSPS) is 26.3. The van der Waals surface area contributed by atoms with Crippen LogP contribution in [0.5, 0.6) is 0 Å². The summed E-state index contributed by atoms with van der Waals surface area (Å²) in [4.78, 5) is 28.8. The maximum atomic E-state index is 13.8. The van der Waals surface area contributed by atoms with Gasteiger partial charge in [-0.1, -0.05) is 86.9 Å². The number of nitrogens with one attached hydrogen (secondary N) is 2. The molecular weight excluding hydrogens is 526 g/mol. The summed E-state index contributed by atoms with van der Waals surface area (Å²) in [5.41, 5.74) is 5.90. The number of aliphatic hydroxyl groups excluding tert-OH is 1. The third kappa shape index (κ3) is 7.88. The molecule has 6 atom stereocenters. The number of hydrogen-bond acceptors (Lipinski definition) is 5. The minimum Gasteiger partial charge on any atom is -0.390 e. The molecule has 0 saturated carbocycles. The molecule has 0 saturated heterocycles. The monoisotopic (exact) mass is 575 g/mol. The molecule has 0 fully saturated rings. The van der Waals surface area contributed by atoms with E-state index in [-0.39, 0.29) is 29.9 Å². The van der Waals surface area contributed by atoms with E-state index in [1.54, 1.807) is 11.9 Å².